The van der Waals surface area contributed by atoms with Crippen molar-refractivity contribution in [1.29, 1.82) is 0 Å². The largest absolute Gasteiger partial charge is 0.370 e. The van der Waals surface area contributed by atoms with Crippen LogP contribution in [0.2, 0.25) is 0 Å². The van der Waals surface area contributed by atoms with Crippen molar-refractivity contribution in [2.24, 2.45) is 0 Å². The van der Waals surface area contributed by atoms with E-state index in [1.807, 2.05) is 6.20 Å². The van der Waals surface area contributed by atoms with Crippen molar-refractivity contribution in [3.05, 3.63) is 23.9 Å². The van der Waals surface area contributed by atoms with E-state index in [-0.39, 0.29) is 0 Å². The van der Waals surface area contributed by atoms with E-state index in [4.69, 9.17) is 0 Å². The predicted octanol–water partition coefficient (Wildman–Crippen LogP) is 4.62. The quantitative estimate of drug-likeness (QED) is 0.708. The lowest BCUT2D eigenvalue weighted by molar-refractivity contribution is 0.147. The van der Waals surface area contributed by atoms with Crippen LogP contribution < -0.4 is 5.32 Å². The van der Waals surface area contributed by atoms with Gasteiger partial charge in [0.1, 0.15) is 5.82 Å². The molecule has 3 nitrogen and oxygen atoms in total. The fourth-order valence-corrected chi connectivity index (χ4v) is 3.19. The van der Waals surface area contributed by atoms with Crippen LogP contribution in [0.4, 0.5) is 5.82 Å². The molecule has 2 heterocycles. The van der Waals surface area contributed by atoms with Gasteiger partial charge in [-0.3, -0.25) is 4.90 Å². The molecule has 0 saturated carbocycles. The normalized spacial score (nSPS) is 19.6. The third-order valence-electron chi connectivity index (χ3n) is 4.43. The maximum Gasteiger partial charge on any atom is 0.130 e. The molecule has 3 heteroatoms. The molecule has 1 aromatic heterocycles. The number of pyridine rings is 1. The number of nitrogens with one attached hydrogen (secondary N) is 1. The van der Waals surface area contributed by atoms with Crippen LogP contribution in [0, 0.1) is 0 Å². The summed E-state index contributed by atoms with van der Waals surface area (Å²) in [7, 11) is 0. The molecule has 0 spiro atoms. The van der Waals surface area contributed by atoms with Crippen LogP contribution in [0.5, 0.6) is 0 Å². The SMILES string of the molecule is CCCCNc1ncccc1C1CCCCN1CCCC. The maximum atomic E-state index is 4.60. The molecule has 0 bridgehead atoms. The van der Waals surface area contributed by atoms with Gasteiger partial charge in [-0.05, 0) is 44.8 Å². The summed E-state index contributed by atoms with van der Waals surface area (Å²) >= 11 is 0. The average Bonchev–Trinajstić information content (AvgIpc) is 2.54. The molecule has 2 rings (SSSR count). The summed E-state index contributed by atoms with van der Waals surface area (Å²) in [6.07, 6.45) is 10.9. The molecule has 0 aliphatic carbocycles. The Bertz CT molecular complexity index is 405. The summed E-state index contributed by atoms with van der Waals surface area (Å²) in [5, 5.41) is 3.55. The zero-order chi connectivity index (χ0) is 14.9. The highest BCUT2D eigenvalue weighted by Gasteiger charge is 2.25. The van der Waals surface area contributed by atoms with Crippen molar-refractivity contribution in [1.82, 2.24) is 9.88 Å². The summed E-state index contributed by atoms with van der Waals surface area (Å²) in [5.41, 5.74) is 1.41. The second kappa shape index (κ2) is 9.04. The molecule has 1 N–H and O–H groups in total. The van der Waals surface area contributed by atoms with Crippen molar-refractivity contribution >= 4 is 5.82 Å². The van der Waals surface area contributed by atoms with Gasteiger partial charge in [0.2, 0.25) is 0 Å². The van der Waals surface area contributed by atoms with Crippen molar-refractivity contribution in [2.45, 2.75) is 64.8 Å². The second-order valence-electron chi connectivity index (χ2n) is 6.12. The Kier molecular flexibility index (Phi) is 7.01. The molecule has 21 heavy (non-hydrogen) atoms. The number of likely N-dealkylation sites (tertiary alicyclic amines) is 1. The lowest BCUT2D eigenvalue weighted by atomic mass is 9.95. The van der Waals surface area contributed by atoms with Gasteiger partial charge in [0, 0.05) is 24.3 Å². The molecule has 1 aromatic rings. The predicted molar refractivity (Wildman–Crippen MR) is 90.7 cm³/mol. The van der Waals surface area contributed by atoms with Gasteiger partial charge in [0.05, 0.1) is 0 Å². The Labute approximate surface area is 130 Å². The summed E-state index contributed by atoms with van der Waals surface area (Å²) in [5.74, 6) is 1.11. The van der Waals surface area contributed by atoms with Gasteiger partial charge in [-0.15, -0.1) is 0 Å². The van der Waals surface area contributed by atoms with Crippen molar-refractivity contribution in [3.8, 4) is 0 Å². The smallest absolute Gasteiger partial charge is 0.130 e. The topological polar surface area (TPSA) is 28.2 Å². The monoisotopic (exact) mass is 289 g/mol. The number of hydrogen-bond donors (Lipinski definition) is 1. The van der Waals surface area contributed by atoms with Crippen molar-refractivity contribution in [2.75, 3.05) is 25.0 Å². The first-order valence-electron chi connectivity index (χ1n) is 8.79. The molecular weight excluding hydrogens is 258 g/mol. The molecule has 0 aromatic carbocycles. The first-order chi connectivity index (χ1) is 10.4. The summed E-state index contributed by atoms with van der Waals surface area (Å²) in [4.78, 5) is 7.28. The molecule has 1 aliphatic rings. The minimum Gasteiger partial charge on any atom is -0.370 e. The van der Waals surface area contributed by atoms with Crippen molar-refractivity contribution < 1.29 is 0 Å². The fraction of sp³-hybridized carbons (Fsp3) is 0.722. The summed E-state index contributed by atoms with van der Waals surface area (Å²) in [6, 6.07) is 4.92. The lowest BCUT2D eigenvalue weighted by Gasteiger charge is -2.36. The van der Waals surface area contributed by atoms with Gasteiger partial charge in [-0.2, -0.15) is 0 Å². The minimum absolute atomic E-state index is 0.558. The van der Waals surface area contributed by atoms with Gasteiger partial charge in [0.25, 0.3) is 0 Å². The number of unbranched alkanes of at least 4 members (excludes halogenated alkanes) is 2. The van der Waals surface area contributed by atoms with Crippen LogP contribution in [-0.4, -0.2) is 29.5 Å². The molecule has 1 fully saturated rings. The highest BCUT2D eigenvalue weighted by molar-refractivity contribution is 5.45. The van der Waals surface area contributed by atoms with Gasteiger partial charge >= 0.3 is 0 Å². The first kappa shape index (κ1) is 16.3. The van der Waals surface area contributed by atoms with Gasteiger partial charge in [-0.25, -0.2) is 4.98 Å². The number of nitrogens with zero attached hydrogens (tertiary/aromatic N) is 2. The number of rotatable bonds is 8. The Morgan fingerprint density at radius 3 is 2.90 bits per heavy atom. The first-order valence-corrected chi connectivity index (χ1v) is 8.79. The molecule has 0 amide bonds. The third kappa shape index (κ3) is 4.70. The van der Waals surface area contributed by atoms with Crippen LogP contribution >= 0.6 is 0 Å². The number of piperidine rings is 1. The molecule has 118 valence electrons. The van der Waals surface area contributed by atoms with E-state index >= 15 is 0 Å². The number of anilines is 1. The lowest BCUT2D eigenvalue weighted by Crippen LogP contribution is -2.34. The second-order valence-corrected chi connectivity index (χ2v) is 6.12. The van der Waals surface area contributed by atoms with E-state index in [1.165, 1.54) is 63.6 Å². The minimum atomic E-state index is 0.558. The Morgan fingerprint density at radius 1 is 1.24 bits per heavy atom. The average molecular weight is 289 g/mol. The Morgan fingerprint density at radius 2 is 2.10 bits per heavy atom. The molecule has 1 aliphatic heterocycles. The number of aromatic nitrogens is 1. The molecule has 1 unspecified atom stereocenters. The standard InChI is InChI=1S/C18H31N3/c1-3-5-12-19-18-16(10-9-13-20-18)17-11-7-8-15-21(17)14-6-4-2/h9-10,13,17H,3-8,11-12,14-15H2,1-2H3,(H,19,20). The van der Waals surface area contributed by atoms with Gasteiger partial charge < -0.3 is 5.32 Å². The van der Waals surface area contributed by atoms with Crippen LogP contribution in [0.15, 0.2) is 18.3 Å². The van der Waals surface area contributed by atoms with Crippen LogP contribution in [-0.2, 0) is 0 Å². The third-order valence-corrected chi connectivity index (χ3v) is 4.43. The highest BCUT2D eigenvalue weighted by Crippen LogP contribution is 2.34. The molecule has 0 radical (unpaired) electrons. The molecule has 1 atom stereocenters. The Hall–Kier alpha value is -1.09. The summed E-state index contributed by atoms with van der Waals surface area (Å²) in [6.45, 7) is 8.01. The van der Waals surface area contributed by atoms with Gasteiger partial charge in [0.15, 0.2) is 0 Å². The van der Waals surface area contributed by atoms with E-state index in [2.05, 4.69) is 41.2 Å². The van der Waals surface area contributed by atoms with Crippen LogP contribution in [0.1, 0.15) is 70.4 Å². The van der Waals surface area contributed by atoms with E-state index in [1.54, 1.807) is 0 Å². The van der Waals surface area contributed by atoms with Crippen molar-refractivity contribution in [3.63, 3.8) is 0 Å². The van der Waals surface area contributed by atoms with E-state index in [9.17, 15) is 0 Å². The van der Waals surface area contributed by atoms with Crippen LogP contribution in [0.25, 0.3) is 0 Å². The van der Waals surface area contributed by atoms with Gasteiger partial charge in [-0.1, -0.05) is 39.2 Å². The maximum absolute atomic E-state index is 4.60. The zero-order valence-corrected chi connectivity index (χ0v) is 13.8. The highest BCUT2D eigenvalue weighted by atomic mass is 15.2. The molecule has 1 saturated heterocycles. The summed E-state index contributed by atoms with van der Waals surface area (Å²) < 4.78 is 0. The zero-order valence-electron chi connectivity index (χ0n) is 13.8. The van der Waals surface area contributed by atoms with E-state index in [0.29, 0.717) is 6.04 Å². The van der Waals surface area contributed by atoms with E-state index < -0.39 is 0 Å². The Balaban J connectivity index is 2.09. The van der Waals surface area contributed by atoms with E-state index in [0.717, 1.165) is 12.4 Å². The fourth-order valence-electron chi connectivity index (χ4n) is 3.19. The van der Waals surface area contributed by atoms with Crippen LogP contribution in [0.3, 0.4) is 0 Å². The number of hydrogen-bond acceptors (Lipinski definition) is 3. The molecular formula is C18H31N3.